The van der Waals surface area contributed by atoms with Crippen LogP contribution >= 0.6 is 0 Å². The average Bonchev–Trinajstić information content (AvgIpc) is 2.90. The number of amides is 3. The first-order chi connectivity index (χ1) is 17.0. The van der Waals surface area contributed by atoms with Crippen LogP contribution in [0.25, 0.3) is 0 Å². The summed E-state index contributed by atoms with van der Waals surface area (Å²) in [7, 11) is 1.65. The topological polar surface area (TPSA) is 71.1 Å². The van der Waals surface area contributed by atoms with E-state index in [1.807, 2.05) is 34.1 Å². The van der Waals surface area contributed by atoms with Crippen LogP contribution < -0.4 is 10.1 Å². The van der Waals surface area contributed by atoms with Gasteiger partial charge < -0.3 is 24.6 Å². The Labute approximate surface area is 205 Å². The normalized spacial score (nSPS) is 23.9. The molecular formula is C27H32FN3O4. The van der Waals surface area contributed by atoms with Gasteiger partial charge in [-0.3, -0.25) is 4.79 Å². The molecule has 8 heteroatoms. The number of nitrogens with one attached hydrogen (secondary N) is 1. The minimum absolute atomic E-state index is 0.0107. The highest BCUT2D eigenvalue weighted by Gasteiger charge is 2.38. The van der Waals surface area contributed by atoms with Crippen LogP contribution in [0.15, 0.2) is 48.5 Å². The number of rotatable bonds is 4. The second-order valence-corrected chi connectivity index (χ2v) is 9.67. The molecule has 7 nitrogen and oxygen atoms in total. The molecule has 5 rings (SSSR count). The predicted octanol–water partition coefficient (Wildman–Crippen LogP) is 3.39. The van der Waals surface area contributed by atoms with Crippen LogP contribution in [0.4, 0.5) is 9.18 Å². The van der Waals surface area contributed by atoms with E-state index in [0.717, 1.165) is 36.1 Å². The molecule has 1 unspecified atom stereocenters. The van der Waals surface area contributed by atoms with Crippen LogP contribution in [0.1, 0.15) is 36.3 Å². The Kier molecular flexibility index (Phi) is 6.90. The zero-order chi connectivity index (χ0) is 24.4. The molecule has 0 saturated carbocycles. The first-order valence-corrected chi connectivity index (χ1v) is 12.4. The van der Waals surface area contributed by atoms with Crippen molar-refractivity contribution in [1.82, 2.24) is 15.1 Å². The highest BCUT2D eigenvalue weighted by atomic mass is 19.1. The van der Waals surface area contributed by atoms with E-state index < -0.39 is 0 Å². The number of ether oxygens (including phenoxy) is 2. The molecule has 3 aliphatic heterocycles. The summed E-state index contributed by atoms with van der Waals surface area (Å²) in [6.45, 7) is 2.57. The van der Waals surface area contributed by atoms with Crippen LogP contribution in [-0.4, -0.2) is 73.8 Å². The fourth-order valence-electron chi connectivity index (χ4n) is 5.72. The smallest absolute Gasteiger partial charge is 0.320 e. The molecule has 0 spiro atoms. The van der Waals surface area contributed by atoms with Crippen molar-refractivity contribution in [3.63, 3.8) is 0 Å². The number of urea groups is 1. The molecule has 0 bridgehead atoms. The number of hydrogen-bond acceptors (Lipinski definition) is 4. The zero-order valence-corrected chi connectivity index (χ0v) is 20.0. The number of hydrogen-bond donors (Lipinski definition) is 1. The molecule has 3 saturated heterocycles. The van der Waals surface area contributed by atoms with E-state index in [4.69, 9.17) is 9.47 Å². The molecule has 2 aromatic carbocycles. The van der Waals surface area contributed by atoms with Gasteiger partial charge in [-0.15, -0.1) is 0 Å². The lowest BCUT2D eigenvalue weighted by atomic mass is 9.76. The summed E-state index contributed by atoms with van der Waals surface area (Å²) in [5, 5.41) is 2.96. The standard InChI is InChI=1S/C27H32FN3O4/c1-34-22-8-4-19(5-9-22)26(18-2-6-21(28)7-3-18)20-10-13-30(14-11-20)27(33)31-15-12-24-23(16-31)29-25(32)17-35-24/h2-9,20,23-24,26H,10-17H2,1H3,(H,29,32)/t23-,24?,26+/m1/s1. The highest BCUT2D eigenvalue weighted by molar-refractivity contribution is 5.79. The van der Waals surface area contributed by atoms with Crippen molar-refractivity contribution in [2.24, 2.45) is 5.92 Å². The van der Waals surface area contributed by atoms with Crippen molar-refractivity contribution in [3.05, 3.63) is 65.5 Å². The van der Waals surface area contributed by atoms with Crippen molar-refractivity contribution >= 4 is 11.9 Å². The second-order valence-electron chi connectivity index (χ2n) is 9.67. The van der Waals surface area contributed by atoms with Crippen molar-refractivity contribution in [3.8, 4) is 5.75 Å². The van der Waals surface area contributed by atoms with Gasteiger partial charge in [-0.2, -0.15) is 0 Å². The van der Waals surface area contributed by atoms with E-state index in [1.54, 1.807) is 7.11 Å². The largest absolute Gasteiger partial charge is 0.497 e. The summed E-state index contributed by atoms with van der Waals surface area (Å²) in [6.07, 6.45) is 2.44. The molecule has 3 amide bonds. The van der Waals surface area contributed by atoms with Gasteiger partial charge in [0.2, 0.25) is 5.91 Å². The van der Waals surface area contributed by atoms with Crippen molar-refractivity contribution in [1.29, 1.82) is 0 Å². The number of piperidine rings is 2. The summed E-state index contributed by atoms with van der Waals surface area (Å²) in [6, 6.07) is 14.7. The van der Waals surface area contributed by atoms with Gasteiger partial charge in [0.05, 0.1) is 19.3 Å². The molecule has 0 radical (unpaired) electrons. The number of carbonyl (C=O) groups is 2. The number of carbonyl (C=O) groups excluding carboxylic acids is 2. The fraction of sp³-hybridized carbons (Fsp3) is 0.481. The third-order valence-electron chi connectivity index (χ3n) is 7.58. The minimum atomic E-state index is -0.244. The Bertz CT molecular complexity index is 1040. The van der Waals surface area contributed by atoms with Gasteiger partial charge >= 0.3 is 6.03 Å². The van der Waals surface area contributed by atoms with Gasteiger partial charge in [-0.1, -0.05) is 24.3 Å². The maximum Gasteiger partial charge on any atom is 0.320 e. The van der Waals surface area contributed by atoms with E-state index in [0.29, 0.717) is 32.1 Å². The zero-order valence-electron chi connectivity index (χ0n) is 20.0. The summed E-state index contributed by atoms with van der Waals surface area (Å²) < 4.78 is 24.6. The van der Waals surface area contributed by atoms with Crippen molar-refractivity contribution in [2.75, 3.05) is 39.9 Å². The summed E-state index contributed by atoms with van der Waals surface area (Å²) in [5.74, 6) is 0.881. The Morgan fingerprint density at radius 1 is 1.00 bits per heavy atom. The maximum atomic E-state index is 13.6. The third kappa shape index (κ3) is 5.12. The molecule has 35 heavy (non-hydrogen) atoms. The SMILES string of the molecule is COc1ccc([C@H](c2ccc(F)cc2)C2CCN(C(=O)N3CCC4OCC(=O)N[C@@H]4C3)CC2)cc1. The number of nitrogens with zero attached hydrogens (tertiary/aromatic N) is 2. The van der Waals surface area contributed by atoms with Crippen LogP contribution in [0.5, 0.6) is 5.75 Å². The summed E-state index contributed by atoms with van der Waals surface area (Å²) in [4.78, 5) is 28.8. The Morgan fingerprint density at radius 3 is 2.29 bits per heavy atom. The van der Waals surface area contributed by atoms with E-state index in [1.165, 1.54) is 12.1 Å². The van der Waals surface area contributed by atoms with E-state index >= 15 is 0 Å². The predicted molar refractivity (Wildman–Crippen MR) is 129 cm³/mol. The lowest BCUT2D eigenvalue weighted by Gasteiger charge is -2.44. The Hall–Kier alpha value is -3.13. The quantitative estimate of drug-likeness (QED) is 0.727. The van der Waals surface area contributed by atoms with Gasteiger partial charge in [0, 0.05) is 32.1 Å². The van der Waals surface area contributed by atoms with Gasteiger partial charge in [-0.05, 0) is 60.6 Å². The molecule has 2 aromatic rings. The number of morpholine rings is 1. The maximum absolute atomic E-state index is 13.6. The number of halogens is 1. The molecule has 1 N–H and O–H groups in total. The lowest BCUT2D eigenvalue weighted by molar-refractivity contribution is -0.139. The second kappa shape index (κ2) is 10.2. The molecule has 186 valence electrons. The van der Waals surface area contributed by atoms with Crippen LogP contribution in [0.2, 0.25) is 0 Å². The number of methoxy groups -OCH3 is 1. The minimum Gasteiger partial charge on any atom is -0.497 e. The molecule has 3 heterocycles. The fourth-order valence-corrected chi connectivity index (χ4v) is 5.72. The lowest BCUT2D eigenvalue weighted by Crippen LogP contribution is -2.62. The molecule has 0 aliphatic carbocycles. The van der Waals surface area contributed by atoms with Gasteiger partial charge in [0.15, 0.2) is 0 Å². The van der Waals surface area contributed by atoms with Crippen molar-refractivity contribution in [2.45, 2.75) is 37.3 Å². The molecule has 3 fully saturated rings. The molecule has 3 aliphatic rings. The van der Waals surface area contributed by atoms with E-state index in [9.17, 15) is 14.0 Å². The van der Waals surface area contributed by atoms with Gasteiger partial charge in [0.25, 0.3) is 0 Å². The number of fused-ring (bicyclic) bond motifs is 1. The highest BCUT2D eigenvalue weighted by Crippen LogP contribution is 2.39. The molecule has 3 atom stereocenters. The van der Waals surface area contributed by atoms with Crippen LogP contribution in [0, 0.1) is 11.7 Å². The van der Waals surface area contributed by atoms with Crippen LogP contribution in [0.3, 0.4) is 0 Å². The Balaban J connectivity index is 1.26. The van der Waals surface area contributed by atoms with E-state index in [-0.39, 0.29) is 42.4 Å². The van der Waals surface area contributed by atoms with Crippen molar-refractivity contribution < 1.29 is 23.5 Å². The number of likely N-dealkylation sites (tertiary alicyclic amines) is 2. The Morgan fingerprint density at radius 2 is 1.63 bits per heavy atom. The molecular weight excluding hydrogens is 449 g/mol. The average molecular weight is 482 g/mol. The number of benzene rings is 2. The first-order valence-electron chi connectivity index (χ1n) is 12.4. The van der Waals surface area contributed by atoms with Crippen LogP contribution in [-0.2, 0) is 9.53 Å². The van der Waals surface area contributed by atoms with Gasteiger partial charge in [-0.25, -0.2) is 9.18 Å². The molecule has 0 aromatic heterocycles. The monoisotopic (exact) mass is 481 g/mol. The van der Waals surface area contributed by atoms with E-state index in [2.05, 4.69) is 17.4 Å². The summed E-state index contributed by atoms with van der Waals surface area (Å²) >= 11 is 0. The first kappa shape index (κ1) is 23.6. The third-order valence-corrected chi connectivity index (χ3v) is 7.58. The van der Waals surface area contributed by atoms with Gasteiger partial charge in [0.1, 0.15) is 18.2 Å². The summed E-state index contributed by atoms with van der Waals surface area (Å²) in [5.41, 5.74) is 2.24.